The van der Waals surface area contributed by atoms with Gasteiger partial charge in [-0.3, -0.25) is 0 Å². The number of hydrogen-bond donors (Lipinski definition) is 1. The molecule has 2 N–H and O–H groups in total. The fraction of sp³-hybridized carbons (Fsp3) is 0.0909. The van der Waals surface area contributed by atoms with Crippen LogP contribution in [-0.4, -0.2) is 38.9 Å². The van der Waals surface area contributed by atoms with Crippen molar-refractivity contribution in [2.45, 2.75) is 11.8 Å². The molecule has 2 aromatic carbocycles. The Balaban J connectivity index is 1.75. The van der Waals surface area contributed by atoms with Gasteiger partial charge in [0.15, 0.2) is 11.2 Å². The molecule has 0 aliphatic heterocycles. The Morgan fingerprint density at radius 2 is 1.75 bits per heavy atom. The number of nitrogens with two attached hydrogens (primary N) is 1. The lowest BCUT2D eigenvalue weighted by Gasteiger charge is -2.07. The van der Waals surface area contributed by atoms with Gasteiger partial charge in [0.1, 0.15) is 0 Å². The molecule has 0 saturated heterocycles. The molecular weight excluding hydrogens is 428 g/mol. The molecule has 0 aliphatic rings. The molecule has 0 atom stereocenters. The highest BCUT2D eigenvalue weighted by Crippen LogP contribution is 2.33. The van der Waals surface area contributed by atoms with E-state index in [-0.39, 0.29) is 16.7 Å². The maximum atomic E-state index is 13.4. The van der Waals surface area contributed by atoms with E-state index in [0.717, 1.165) is 5.39 Å². The second kappa shape index (κ2) is 7.57. The first kappa shape index (κ1) is 19.9. The van der Waals surface area contributed by atoms with Crippen molar-refractivity contribution in [3.05, 3.63) is 67.0 Å². The Morgan fingerprint density at radius 3 is 2.53 bits per heavy atom. The third-order valence-electron chi connectivity index (χ3n) is 4.93. The van der Waals surface area contributed by atoms with Gasteiger partial charge in [-0.1, -0.05) is 36.4 Å². The van der Waals surface area contributed by atoms with Crippen molar-refractivity contribution in [1.82, 2.24) is 23.9 Å². The zero-order valence-electron chi connectivity index (χ0n) is 17.0. The summed E-state index contributed by atoms with van der Waals surface area (Å²) >= 11 is 0. The van der Waals surface area contributed by atoms with Crippen molar-refractivity contribution in [3.63, 3.8) is 0 Å². The van der Waals surface area contributed by atoms with E-state index in [2.05, 4.69) is 19.9 Å². The summed E-state index contributed by atoms with van der Waals surface area (Å²) in [5.41, 5.74) is 7.99. The number of para-hydroxylation sites is 1. The number of hydrogen-bond acceptors (Lipinski definition) is 8. The molecule has 3 heterocycles. The van der Waals surface area contributed by atoms with Gasteiger partial charge in [0.2, 0.25) is 11.8 Å². The third-order valence-corrected chi connectivity index (χ3v) is 6.62. The largest absolute Gasteiger partial charge is 0.476 e. The van der Waals surface area contributed by atoms with Crippen molar-refractivity contribution >= 4 is 38.0 Å². The summed E-state index contributed by atoms with van der Waals surface area (Å²) in [6, 6.07) is 15.5. The second-order valence-electron chi connectivity index (χ2n) is 6.92. The Labute approximate surface area is 183 Å². The first-order valence-electron chi connectivity index (χ1n) is 9.83. The van der Waals surface area contributed by atoms with Crippen molar-refractivity contribution < 1.29 is 13.2 Å². The Kier molecular flexibility index (Phi) is 4.71. The smallest absolute Gasteiger partial charge is 0.268 e. The number of benzene rings is 2. The molecule has 0 amide bonds. The minimum absolute atomic E-state index is 0.0357. The molecule has 0 spiro atoms. The first-order valence-corrected chi connectivity index (χ1v) is 11.3. The zero-order chi connectivity index (χ0) is 22.3. The molecule has 0 fully saturated rings. The van der Waals surface area contributed by atoms with Crippen LogP contribution in [-0.2, 0) is 10.0 Å². The third kappa shape index (κ3) is 3.21. The lowest BCUT2D eigenvalue weighted by atomic mass is 10.1. The monoisotopic (exact) mass is 446 g/mol. The SMILES string of the molecule is CCOc1nc(N)nc2ncc(-c3cn(S(=O)(=O)c4ccccc4)c4ccccc34)nc12. The van der Waals surface area contributed by atoms with Gasteiger partial charge < -0.3 is 10.5 Å². The van der Waals surface area contributed by atoms with Gasteiger partial charge >= 0.3 is 0 Å². The Hall–Kier alpha value is -4.05. The predicted molar refractivity (Wildman–Crippen MR) is 121 cm³/mol. The highest BCUT2D eigenvalue weighted by atomic mass is 32.2. The summed E-state index contributed by atoms with van der Waals surface area (Å²) < 4.78 is 33.5. The van der Waals surface area contributed by atoms with Gasteiger partial charge in [-0.2, -0.15) is 9.97 Å². The fourth-order valence-corrected chi connectivity index (χ4v) is 4.92. The van der Waals surface area contributed by atoms with Crippen LogP contribution in [0, 0.1) is 0 Å². The average Bonchev–Trinajstić information content (AvgIpc) is 3.20. The number of aromatic nitrogens is 5. The van der Waals surface area contributed by atoms with E-state index in [1.807, 2.05) is 19.1 Å². The summed E-state index contributed by atoms with van der Waals surface area (Å²) in [5.74, 6) is 0.263. The molecule has 0 saturated carbocycles. The van der Waals surface area contributed by atoms with E-state index in [0.29, 0.717) is 34.5 Å². The van der Waals surface area contributed by atoms with E-state index >= 15 is 0 Å². The zero-order valence-corrected chi connectivity index (χ0v) is 17.8. The van der Waals surface area contributed by atoms with Gasteiger partial charge in [0.05, 0.1) is 28.9 Å². The van der Waals surface area contributed by atoms with Crippen LogP contribution in [0.4, 0.5) is 5.95 Å². The molecule has 0 bridgehead atoms. The molecule has 5 aromatic rings. The number of anilines is 1. The molecule has 32 heavy (non-hydrogen) atoms. The molecule has 5 rings (SSSR count). The van der Waals surface area contributed by atoms with Gasteiger partial charge in [-0.15, -0.1) is 0 Å². The molecule has 10 heteroatoms. The predicted octanol–water partition coefficient (Wildman–Crippen LogP) is 3.26. The number of fused-ring (bicyclic) bond motifs is 2. The number of ether oxygens (including phenoxy) is 1. The summed E-state index contributed by atoms with van der Waals surface area (Å²) in [7, 11) is -3.82. The summed E-state index contributed by atoms with van der Waals surface area (Å²) in [4.78, 5) is 17.4. The van der Waals surface area contributed by atoms with E-state index in [9.17, 15) is 8.42 Å². The van der Waals surface area contributed by atoms with Gasteiger partial charge in [0.25, 0.3) is 10.0 Å². The van der Waals surface area contributed by atoms with Crippen LogP contribution in [0.5, 0.6) is 5.88 Å². The maximum Gasteiger partial charge on any atom is 0.268 e. The lowest BCUT2D eigenvalue weighted by molar-refractivity contribution is 0.330. The van der Waals surface area contributed by atoms with Gasteiger partial charge in [-0.25, -0.2) is 22.4 Å². The summed E-state index contributed by atoms with van der Waals surface area (Å²) in [6.45, 7) is 2.19. The van der Waals surface area contributed by atoms with Gasteiger partial charge in [-0.05, 0) is 25.1 Å². The van der Waals surface area contributed by atoms with Crippen LogP contribution in [0.15, 0.2) is 71.9 Å². The minimum Gasteiger partial charge on any atom is -0.476 e. The van der Waals surface area contributed by atoms with E-state index in [1.165, 1.54) is 10.2 Å². The quantitative estimate of drug-likeness (QED) is 0.436. The average molecular weight is 446 g/mol. The van der Waals surface area contributed by atoms with Crippen molar-refractivity contribution in [3.8, 4) is 17.1 Å². The van der Waals surface area contributed by atoms with Crippen LogP contribution in [0.25, 0.3) is 33.3 Å². The van der Waals surface area contributed by atoms with Crippen LogP contribution < -0.4 is 10.5 Å². The van der Waals surface area contributed by atoms with Crippen LogP contribution in [0.2, 0.25) is 0 Å². The van der Waals surface area contributed by atoms with Crippen LogP contribution in [0.1, 0.15) is 6.92 Å². The standard InChI is InChI=1S/C22H18N6O3S/c1-2-31-21-19-20(26-22(23)27-21)24-12-17(25-19)16-13-28(18-11-7-6-10-15(16)18)32(29,30)14-8-4-3-5-9-14/h3-13H,2H2,1H3,(H2,23,24,26,27). The maximum absolute atomic E-state index is 13.4. The minimum atomic E-state index is -3.82. The number of nitrogens with zero attached hydrogens (tertiary/aromatic N) is 5. The van der Waals surface area contributed by atoms with Crippen molar-refractivity contribution in [2.75, 3.05) is 12.3 Å². The molecule has 3 aromatic heterocycles. The van der Waals surface area contributed by atoms with Crippen LogP contribution >= 0.6 is 0 Å². The highest BCUT2D eigenvalue weighted by Gasteiger charge is 2.22. The fourth-order valence-electron chi connectivity index (χ4n) is 3.52. The molecule has 9 nitrogen and oxygen atoms in total. The van der Waals surface area contributed by atoms with Crippen molar-refractivity contribution in [1.29, 1.82) is 0 Å². The van der Waals surface area contributed by atoms with E-state index in [1.54, 1.807) is 48.7 Å². The Morgan fingerprint density at radius 1 is 1.00 bits per heavy atom. The molecule has 160 valence electrons. The van der Waals surface area contributed by atoms with Crippen LogP contribution in [0.3, 0.4) is 0 Å². The Bertz CT molecular complexity index is 1570. The lowest BCUT2D eigenvalue weighted by Crippen LogP contribution is -2.11. The normalized spacial score (nSPS) is 11.8. The number of nitrogen functional groups attached to an aromatic ring is 1. The molecule has 0 aliphatic carbocycles. The number of rotatable bonds is 5. The second-order valence-corrected chi connectivity index (χ2v) is 8.74. The highest BCUT2D eigenvalue weighted by molar-refractivity contribution is 7.90. The molecule has 0 unspecified atom stereocenters. The molecule has 0 radical (unpaired) electrons. The summed E-state index contributed by atoms with van der Waals surface area (Å²) in [5, 5.41) is 0.718. The van der Waals surface area contributed by atoms with Gasteiger partial charge in [0, 0.05) is 17.1 Å². The van der Waals surface area contributed by atoms with E-state index in [4.69, 9.17) is 10.5 Å². The van der Waals surface area contributed by atoms with E-state index < -0.39 is 10.0 Å². The van der Waals surface area contributed by atoms with Crippen molar-refractivity contribution in [2.24, 2.45) is 0 Å². The topological polar surface area (TPSA) is 126 Å². The first-order chi connectivity index (χ1) is 15.5. The molecular formula is C22H18N6O3S. The summed E-state index contributed by atoms with van der Waals surface area (Å²) in [6.07, 6.45) is 3.09.